The fourth-order valence-corrected chi connectivity index (χ4v) is 5.97. The summed E-state index contributed by atoms with van der Waals surface area (Å²) in [6.07, 6.45) is 2.70. The van der Waals surface area contributed by atoms with Crippen molar-refractivity contribution in [3.05, 3.63) is 65.2 Å². The molecule has 3 fully saturated rings. The number of hydroxylamine groups is 1. The summed E-state index contributed by atoms with van der Waals surface area (Å²) >= 11 is 0. The van der Waals surface area contributed by atoms with E-state index in [1.54, 1.807) is 24.3 Å². The lowest BCUT2D eigenvalue weighted by Gasteiger charge is -2.60. The fraction of sp³-hybridized carbons (Fsp3) is 0.452. The van der Waals surface area contributed by atoms with E-state index in [-0.39, 0.29) is 18.0 Å². The van der Waals surface area contributed by atoms with Crippen LogP contribution in [0.25, 0.3) is 0 Å². The third-order valence-corrected chi connectivity index (χ3v) is 8.52. The Morgan fingerprint density at radius 2 is 1.62 bits per heavy atom. The molecule has 0 spiro atoms. The molecule has 212 valence electrons. The van der Waals surface area contributed by atoms with Gasteiger partial charge >= 0.3 is 0 Å². The van der Waals surface area contributed by atoms with Gasteiger partial charge in [-0.15, -0.1) is 0 Å². The molecule has 0 aromatic heterocycles. The lowest BCUT2D eigenvalue weighted by atomic mass is 9.45. The second-order valence-corrected chi connectivity index (χ2v) is 11.4. The van der Waals surface area contributed by atoms with E-state index >= 15 is 0 Å². The highest BCUT2D eigenvalue weighted by Gasteiger charge is 2.53. The predicted molar refractivity (Wildman–Crippen MR) is 151 cm³/mol. The molecule has 3 aliphatic carbocycles. The van der Waals surface area contributed by atoms with Crippen molar-refractivity contribution in [2.45, 2.75) is 52.2 Å². The molecule has 0 aliphatic heterocycles. The van der Waals surface area contributed by atoms with Crippen molar-refractivity contribution in [2.24, 2.45) is 23.2 Å². The number of anilines is 1. The first kappa shape index (κ1) is 29.3. The van der Waals surface area contributed by atoms with Gasteiger partial charge in [-0.25, -0.2) is 5.48 Å². The van der Waals surface area contributed by atoms with Crippen LogP contribution in [0.2, 0.25) is 0 Å². The van der Waals surface area contributed by atoms with E-state index in [1.807, 2.05) is 24.3 Å². The van der Waals surface area contributed by atoms with Crippen LogP contribution in [-0.2, 0) is 9.59 Å². The molecule has 5 rings (SSSR count). The number of hydrogen-bond acceptors (Lipinski definition) is 6. The van der Waals surface area contributed by atoms with Crippen LogP contribution in [-0.4, -0.2) is 53.3 Å². The van der Waals surface area contributed by atoms with Gasteiger partial charge in [0.1, 0.15) is 6.04 Å². The van der Waals surface area contributed by atoms with E-state index in [0.29, 0.717) is 22.6 Å². The number of hydrogen-bond donors (Lipinski definition) is 6. The lowest BCUT2D eigenvalue weighted by molar-refractivity contribution is -0.133. The Bertz CT molecular complexity index is 1280. The molecule has 3 amide bonds. The monoisotopic (exact) mass is 546 g/mol. The van der Waals surface area contributed by atoms with Crippen molar-refractivity contribution < 1.29 is 24.7 Å². The lowest BCUT2D eigenvalue weighted by Crippen LogP contribution is -2.54. The van der Waals surface area contributed by atoms with Gasteiger partial charge in [-0.1, -0.05) is 25.7 Å². The Morgan fingerprint density at radius 1 is 1.00 bits per heavy atom. The highest BCUT2D eigenvalue weighted by molar-refractivity contribution is 5.97. The minimum Gasteiger partial charge on any atom is -0.391 e. The third kappa shape index (κ3) is 6.89. The molecular weight excluding hydrogens is 508 g/mol. The summed E-state index contributed by atoms with van der Waals surface area (Å²) in [5, 5.41) is 27.1. The maximum Gasteiger partial charge on any atom is 0.268 e. The normalized spacial score (nSPS) is 22.0. The van der Waals surface area contributed by atoms with Gasteiger partial charge in [-0.3, -0.25) is 19.6 Å². The average molecular weight is 547 g/mol. The zero-order valence-corrected chi connectivity index (χ0v) is 23.2. The van der Waals surface area contributed by atoms with Crippen LogP contribution in [0.5, 0.6) is 0 Å². The van der Waals surface area contributed by atoms with E-state index in [2.05, 4.69) is 41.6 Å². The summed E-state index contributed by atoms with van der Waals surface area (Å²) in [4.78, 5) is 36.4. The Labute approximate surface area is 235 Å². The molecule has 0 radical (unpaired) electrons. The van der Waals surface area contributed by atoms with Crippen LogP contribution in [0, 0.1) is 35.0 Å². The van der Waals surface area contributed by atoms with Crippen molar-refractivity contribution in [3.8, 4) is 11.8 Å². The number of aliphatic hydroxyl groups is 1. The van der Waals surface area contributed by atoms with Crippen molar-refractivity contribution >= 4 is 23.4 Å². The van der Waals surface area contributed by atoms with Gasteiger partial charge in [-0.2, -0.15) is 0 Å². The molecule has 0 heterocycles. The zero-order valence-electron chi connectivity index (χ0n) is 23.2. The average Bonchev–Trinajstić information content (AvgIpc) is 2.95. The number of rotatable bonds is 9. The summed E-state index contributed by atoms with van der Waals surface area (Å²) in [6, 6.07) is 12.5. The van der Waals surface area contributed by atoms with Crippen molar-refractivity contribution in [3.63, 3.8) is 0 Å². The number of aliphatic hydroxyl groups excluding tert-OH is 1. The molecule has 6 N–H and O–H groups in total. The maximum atomic E-state index is 12.4. The SMILES string of the molecule is C[C@@H](O)[C@H](NC(=O)c1ccc(C#Cc2ccc(NC(=O)CNC[C@@H]3CCC4CC3C4(C)C)cc2)cc1)C(=O)NO. The van der Waals surface area contributed by atoms with Crippen LogP contribution >= 0.6 is 0 Å². The van der Waals surface area contributed by atoms with Crippen molar-refractivity contribution in [1.29, 1.82) is 0 Å². The molecular formula is C31H38N4O5. The Morgan fingerprint density at radius 3 is 2.17 bits per heavy atom. The summed E-state index contributed by atoms with van der Waals surface area (Å²) in [5.74, 6) is 6.83. The van der Waals surface area contributed by atoms with Crippen molar-refractivity contribution in [1.82, 2.24) is 16.1 Å². The number of benzene rings is 2. The number of fused-ring (bicyclic) bond motifs is 2. The summed E-state index contributed by atoms with van der Waals surface area (Å²) in [6.45, 7) is 7.28. The topological polar surface area (TPSA) is 140 Å². The molecule has 40 heavy (non-hydrogen) atoms. The minimum absolute atomic E-state index is 0.0683. The Kier molecular flexibility index (Phi) is 9.25. The van der Waals surface area contributed by atoms with Crippen LogP contribution in [0.3, 0.4) is 0 Å². The molecule has 2 unspecified atom stereocenters. The van der Waals surface area contributed by atoms with E-state index in [1.165, 1.54) is 31.7 Å². The molecule has 9 nitrogen and oxygen atoms in total. The first-order chi connectivity index (χ1) is 19.1. The second-order valence-electron chi connectivity index (χ2n) is 11.4. The summed E-state index contributed by atoms with van der Waals surface area (Å²) in [5.41, 5.74) is 4.30. The van der Waals surface area contributed by atoms with Gasteiger partial charge in [0, 0.05) is 22.4 Å². The molecule has 2 aromatic carbocycles. The largest absolute Gasteiger partial charge is 0.391 e. The predicted octanol–water partition coefficient (Wildman–Crippen LogP) is 2.67. The van der Waals surface area contributed by atoms with E-state index < -0.39 is 24.0 Å². The van der Waals surface area contributed by atoms with Gasteiger partial charge < -0.3 is 21.1 Å². The van der Waals surface area contributed by atoms with E-state index in [9.17, 15) is 19.5 Å². The van der Waals surface area contributed by atoms with Gasteiger partial charge in [0.15, 0.2) is 0 Å². The molecule has 2 bridgehead atoms. The molecule has 3 aliphatic rings. The smallest absolute Gasteiger partial charge is 0.268 e. The third-order valence-electron chi connectivity index (χ3n) is 8.52. The first-order valence-corrected chi connectivity index (χ1v) is 13.7. The number of nitrogens with one attached hydrogen (secondary N) is 4. The van der Waals surface area contributed by atoms with E-state index in [0.717, 1.165) is 23.9 Å². The highest BCUT2D eigenvalue weighted by atomic mass is 16.5. The van der Waals surface area contributed by atoms with Crippen LogP contribution in [0.15, 0.2) is 48.5 Å². The first-order valence-electron chi connectivity index (χ1n) is 13.7. The molecule has 0 saturated heterocycles. The quantitative estimate of drug-likeness (QED) is 0.162. The Hall–Kier alpha value is -3.71. The number of amides is 3. The minimum atomic E-state index is -1.29. The van der Waals surface area contributed by atoms with Crippen molar-refractivity contribution in [2.75, 3.05) is 18.4 Å². The Balaban J connectivity index is 1.23. The molecule has 3 saturated carbocycles. The highest BCUT2D eigenvalue weighted by Crippen LogP contribution is 2.61. The van der Waals surface area contributed by atoms with E-state index in [4.69, 9.17) is 5.21 Å². The number of carbonyl (C=O) groups excluding carboxylic acids is 3. The van der Waals surface area contributed by atoms with Crippen LogP contribution in [0.1, 0.15) is 61.5 Å². The van der Waals surface area contributed by atoms with Crippen LogP contribution < -0.4 is 21.4 Å². The van der Waals surface area contributed by atoms with Gasteiger partial charge in [0.25, 0.3) is 11.8 Å². The summed E-state index contributed by atoms with van der Waals surface area (Å²) in [7, 11) is 0. The van der Waals surface area contributed by atoms with Gasteiger partial charge in [0.2, 0.25) is 5.91 Å². The summed E-state index contributed by atoms with van der Waals surface area (Å²) < 4.78 is 0. The van der Waals surface area contributed by atoms with Crippen LogP contribution in [0.4, 0.5) is 5.69 Å². The second kappa shape index (κ2) is 12.6. The molecule has 9 heteroatoms. The standard InChI is InChI=1S/C31H38N4O5/c1-19(36)28(30(39)35-40)34-29(38)22-10-6-20(7-11-22)4-5-21-8-14-25(15-9-21)33-27(37)18-32-17-23-12-13-24-16-26(23)31(24,2)3/h6-11,14-15,19,23-24,26,28,32,36,40H,12-13,16-18H2,1-3H3,(H,33,37)(H,34,38)(H,35,39)/t19-,23+,24?,26?,28+/m1/s1. The maximum absolute atomic E-state index is 12.4. The van der Waals surface area contributed by atoms with Gasteiger partial charge in [-0.05, 0) is 104 Å². The molecule has 2 aromatic rings. The number of carbonyl (C=O) groups is 3. The molecule has 5 atom stereocenters. The van der Waals surface area contributed by atoms with Gasteiger partial charge in [0.05, 0.1) is 12.6 Å². The zero-order chi connectivity index (χ0) is 28.9. The fourth-order valence-electron chi connectivity index (χ4n) is 5.97.